The predicted octanol–water partition coefficient (Wildman–Crippen LogP) is 4.45. The van der Waals surface area contributed by atoms with Crippen LogP contribution in [0.2, 0.25) is 5.02 Å². The quantitative estimate of drug-likeness (QED) is 0.558. The molecule has 3 N–H and O–H groups in total. The molecule has 5 rings (SSSR count). The highest BCUT2D eigenvalue weighted by molar-refractivity contribution is 6.30. The lowest BCUT2D eigenvalue weighted by Crippen LogP contribution is -2.57. The van der Waals surface area contributed by atoms with Gasteiger partial charge >= 0.3 is 0 Å². The summed E-state index contributed by atoms with van der Waals surface area (Å²) in [5.74, 6) is 0.854. The monoisotopic (exact) mass is 438 g/mol. The van der Waals surface area contributed by atoms with E-state index in [2.05, 4.69) is 20.4 Å². The predicted molar refractivity (Wildman–Crippen MR) is 124 cm³/mol. The van der Waals surface area contributed by atoms with Gasteiger partial charge < -0.3 is 15.5 Å². The molecular formula is C24H27ClN4O2. The molecule has 1 unspecified atom stereocenters. The lowest BCUT2D eigenvalue weighted by Gasteiger charge is -2.49. The number of hydrogen-bond acceptors (Lipinski definition) is 6. The molecular weight excluding hydrogens is 412 g/mol. The summed E-state index contributed by atoms with van der Waals surface area (Å²) in [6.45, 7) is 3.95. The van der Waals surface area contributed by atoms with Gasteiger partial charge in [0.25, 0.3) is 0 Å². The average Bonchev–Trinajstić information content (AvgIpc) is 2.73. The first-order valence-electron chi connectivity index (χ1n) is 10.9. The van der Waals surface area contributed by atoms with Crippen LogP contribution in [-0.4, -0.2) is 56.1 Å². The fourth-order valence-electron chi connectivity index (χ4n) is 4.98. The van der Waals surface area contributed by atoms with E-state index in [1.807, 2.05) is 31.2 Å². The molecule has 2 aromatic carbocycles. The van der Waals surface area contributed by atoms with E-state index in [9.17, 15) is 10.2 Å². The fraction of sp³-hybridized carbons (Fsp3) is 0.417. The number of benzene rings is 2. The molecule has 31 heavy (non-hydrogen) atoms. The van der Waals surface area contributed by atoms with Gasteiger partial charge in [0, 0.05) is 40.0 Å². The number of aromatic nitrogens is 2. The largest absolute Gasteiger partial charge is 0.507 e. The van der Waals surface area contributed by atoms with Gasteiger partial charge in [0.1, 0.15) is 11.4 Å². The van der Waals surface area contributed by atoms with Crippen molar-refractivity contribution < 1.29 is 10.2 Å². The number of nitrogens with one attached hydrogen (secondary N) is 1. The number of halogens is 1. The van der Waals surface area contributed by atoms with Crippen molar-refractivity contribution in [2.24, 2.45) is 0 Å². The zero-order chi connectivity index (χ0) is 21.6. The lowest BCUT2D eigenvalue weighted by molar-refractivity contribution is -0.0823. The van der Waals surface area contributed by atoms with E-state index in [-0.39, 0.29) is 11.8 Å². The molecule has 0 spiro atoms. The number of piperidine rings is 1. The first kappa shape index (κ1) is 20.5. The topological polar surface area (TPSA) is 81.5 Å². The van der Waals surface area contributed by atoms with Crippen molar-refractivity contribution in [1.29, 1.82) is 0 Å². The number of fused-ring (bicyclic) bond motifs is 1. The van der Waals surface area contributed by atoms with Gasteiger partial charge in [-0.15, -0.1) is 10.2 Å². The van der Waals surface area contributed by atoms with Crippen LogP contribution in [0, 0.1) is 0 Å². The van der Waals surface area contributed by atoms with Gasteiger partial charge in [-0.2, -0.15) is 0 Å². The minimum atomic E-state index is -0.504. The Balaban J connectivity index is 1.41. The molecule has 2 heterocycles. The molecule has 2 aliphatic rings. The van der Waals surface area contributed by atoms with Crippen LogP contribution in [0.1, 0.15) is 32.6 Å². The molecule has 2 fully saturated rings. The number of nitrogens with zero attached hydrogens (tertiary/aromatic N) is 3. The molecule has 3 aromatic rings. The van der Waals surface area contributed by atoms with E-state index >= 15 is 0 Å². The van der Waals surface area contributed by atoms with Crippen molar-refractivity contribution in [3.05, 3.63) is 47.5 Å². The number of aromatic hydroxyl groups is 1. The Morgan fingerprint density at radius 1 is 1.13 bits per heavy atom. The van der Waals surface area contributed by atoms with Gasteiger partial charge in [-0.1, -0.05) is 35.9 Å². The lowest BCUT2D eigenvalue weighted by atomic mass is 9.76. The highest BCUT2D eigenvalue weighted by Crippen LogP contribution is 2.38. The molecule has 1 saturated carbocycles. The molecule has 1 aliphatic heterocycles. The van der Waals surface area contributed by atoms with Gasteiger partial charge in [0.2, 0.25) is 0 Å². The Bertz CT molecular complexity index is 1110. The van der Waals surface area contributed by atoms with Crippen molar-refractivity contribution in [2.75, 3.05) is 18.4 Å². The second-order valence-electron chi connectivity index (χ2n) is 9.14. The molecule has 0 bridgehead atoms. The van der Waals surface area contributed by atoms with E-state index in [1.54, 1.807) is 12.1 Å². The molecule has 7 heteroatoms. The van der Waals surface area contributed by atoms with Crippen LogP contribution < -0.4 is 5.32 Å². The van der Waals surface area contributed by atoms with Crippen LogP contribution in [0.5, 0.6) is 5.75 Å². The minimum absolute atomic E-state index is 0.0898. The highest BCUT2D eigenvalue weighted by atomic mass is 35.5. The minimum Gasteiger partial charge on any atom is -0.507 e. The van der Waals surface area contributed by atoms with Gasteiger partial charge in [0.05, 0.1) is 5.60 Å². The molecule has 6 nitrogen and oxygen atoms in total. The van der Waals surface area contributed by atoms with E-state index in [4.69, 9.17) is 11.6 Å². The third-order valence-electron chi connectivity index (χ3n) is 6.56. The van der Waals surface area contributed by atoms with Crippen molar-refractivity contribution in [3.63, 3.8) is 0 Å². The summed E-state index contributed by atoms with van der Waals surface area (Å²) < 4.78 is 0. The zero-order valence-corrected chi connectivity index (χ0v) is 18.3. The Kier molecular flexibility index (Phi) is 5.24. The number of hydrogen-bond donors (Lipinski definition) is 3. The van der Waals surface area contributed by atoms with E-state index in [0.717, 1.165) is 55.4 Å². The van der Waals surface area contributed by atoms with Gasteiger partial charge in [0.15, 0.2) is 5.82 Å². The van der Waals surface area contributed by atoms with Crippen molar-refractivity contribution in [2.45, 2.75) is 50.3 Å². The average molecular weight is 439 g/mol. The number of anilines is 1. The van der Waals surface area contributed by atoms with E-state index in [0.29, 0.717) is 22.3 Å². The Morgan fingerprint density at radius 3 is 2.65 bits per heavy atom. The maximum Gasteiger partial charge on any atom is 0.156 e. The second-order valence-corrected chi connectivity index (χ2v) is 9.58. The number of aliphatic hydroxyl groups is 1. The number of phenolic OH excluding ortho intramolecular Hbond substituents is 1. The summed E-state index contributed by atoms with van der Waals surface area (Å²) >= 11 is 6.00. The summed E-state index contributed by atoms with van der Waals surface area (Å²) in [6.07, 6.45) is 3.90. The van der Waals surface area contributed by atoms with Crippen molar-refractivity contribution in [1.82, 2.24) is 15.1 Å². The third-order valence-corrected chi connectivity index (χ3v) is 6.80. The highest BCUT2D eigenvalue weighted by Gasteiger charge is 2.42. The molecule has 162 valence electrons. The summed E-state index contributed by atoms with van der Waals surface area (Å²) in [5, 5.41) is 35.5. The van der Waals surface area contributed by atoms with Gasteiger partial charge in [-0.3, -0.25) is 4.90 Å². The summed E-state index contributed by atoms with van der Waals surface area (Å²) in [7, 11) is 0. The zero-order valence-electron chi connectivity index (χ0n) is 17.6. The fourth-order valence-corrected chi connectivity index (χ4v) is 5.14. The van der Waals surface area contributed by atoms with Crippen molar-refractivity contribution >= 4 is 28.2 Å². The van der Waals surface area contributed by atoms with Crippen LogP contribution in [0.25, 0.3) is 22.0 Å². The molecule has 1 saturated heterocycles. The maximum absolute atomic E-state index is 10.4. The smallest absolute Gasteiger partial charge is 0.156 e. The SMILES string of the molecule is CC1(O)CC(N2CCCC(Nc3nnc(-c4ccc(Cl)cc4O)c4ccccc34)C2)C1. The molecule has 1 aliphatic carbocycles. The Morgan fingerprint density at radius 2 is 1.90 bits per heavy atom. The van der Waals surface area contributed by atoms with Crippen LogP contribution in [0.3, 0.4) is 0 Å². The standard InChI is InChI=1S/C24H27ClN4O2/c1-24(31)12-17(13-24)29-10-4-5-16(14-29)26-23-19-7-3-2-6-18(19)22(27-28-23)20-9-8-15(25)11-21(20)30/h2-3,6-9,11,16-17,30-31H,4-5,10,12-14H2,1H3,(H,26,28). The first-order valence-corrected chi connectivity index (χ1v) is 11.2. The van der Waals surface area contributed by atoms with Gasteiger partial charge in [-0.25, -0.2) is 0 Å². The first-order chi connectivity index (χ1) is 14.9. The van der Waals surface area contributed by atoms with Crippen LogP contribution in [0.4, 0.5) is 5.82 Å². The summed E-state index contributed by atoms with van der Waals surface area (Å²) in [5.41, 5.74) is 0.744. The van der Waals surface area contributed by atoms with Crippen LogP contribution >= 0.6 is 11.6 Å². The second kappa shape index (κ2) is 7.93. The Labute approximate surface area is 186 Å². The molecule has 0 radical (unpaired) electrons. The summed E-state index contributed by atoms with van der Waals surface area (Å²) in [6, 6.07) is 13.8. The molecule has 1 aromatic heterocycles. The van der Waals surface area contributed by atoms with Crippen molar-refractivity contribution in [3.8, 4) is 17.0 Å². The van der Waals surface area contributed by atoms with E-state index in [1.165, 1.54) is 6.07 Å². The molecule has 1 atom stereocenters. The van der Waals surface area contributed by atoms with Crippen LogP contribution in [0.15, 0.2) is 42.5 Å². The number of phenols is 1. The van der Waals surface area contributed by atoms with Gasteiger partial charge in [-0.05, 0) is 57.4 Å². The number of rotatable bonds is 4. The third kappa shape index (κ3) is 4.07. The van der Waals surface area contributed by atoms with E-state index < -0.39 is 5.60 Å². The summed E-state index contributed by atoms with van der Waals surface area (Å²) in [4.78, 5) is 2.49. The number of likely N-dealkylation sites (tertiary alicyclic amines) is 1. The maximum atomic E-state index is 10.4. The molecule has 0 amide bonds. The van der Waals surface area contributed by atoms with Crippen LogP contribution in [-0.2, 0) is 0 Å². The Hall–Kier alpha value is -2.41. The normalized spacial score (nSPS) is 26.5.